The molecule has 0 unspecified atom stereocenters. The average molecular weight is 404 g/mol. The summed E-state index contributed by atoms with van der Waals surface area (Å²) in [6.45, 7) is 3.83. The normalized spacial score (nSPS) is 10.9. The third-order valence-corrected chi connectivity index (χ3v) is 5.07. The first-order valence-corrected chi connectivity index (χ1v) is 9.51. The summed E-state index contributed by atoms with van der Waals surface area (Å²) in [6.07, 6.45) is 0. The molecular weight excluding hydrogens is 386 g/mol. The van der Waals surface area contributed by atoms with Crippen molar-refractivity contribution in [3.8, 4) is 0 Å². The maximum atomic E-state index is 12.8. The first kappa shape index (κ1) is 19.0. The molecule has 0 bridgehead atoms. The number of fused-ring (bicyclic) bond motifs is 1. The van der Waals surface area contributed by atoms with E-state index in [2.05, 4.69) is 5.32 Å². The van der Waals surface area contributed by atoms with Crippen LogP contribution in [0.15, 0.2) is 71.1 Å². The van der Waals surface area contributed by atoms with Gasteiger partial charge >= 0.3 is 0 Å². The van der Waals surface area contributed by atoms with Crippen LogP contribution in [0.2, 0.25) is 5.02 Å². The number of furan rings is 1. The molecule has 0 aliphatic heterocycles. The molecule has 4 nitrogen and oxygen atoms in total. The highest BCUT2D eigenvalue weighted by Gasteiger charge is 2.19. The summed E-state index contributed by atoms with van der Waals surface area (Å²) in [7, 11) is 0. The number of ketones is 1. The summed E-state index contributed by atoms with van der Waals surface area (Å²) < 4.78 is 5.87. The van der Waals surface area contributed by atoms with E-state index in [9.17, 15) is 9.59 Å². The van der Waals surface area contributed by atoms with Crippen molar-refractivity contribution in [2.75, 3.05) is 5.32 Å². The minimum absolute atomic E-state index is 0.162. The second-order valence-corrected chi connectivity index (χ2v) is 7.36. The van der Waals surface area contributed by atoms with Crippen molar-refractivity contribution < 1.29 is 14.0 Å². The lowest BCUT2D eigenvalue weighted by atomic mass is 10.0. The topological polar surface area (TPSA) is 59.3 Å². The lowest BCUT2D eigenvalue weighted by molar-refractivity contribution is 0.101. The van der Waals surface area contributed by atoms with Crippen molar-refractivity contribution in [1.82, 2.24) is 0 Å². The second-order valence-electron chi connectivity index (χ2n) is 6.92. The first-order chi connectivity index (χ1) is 13.9. The minimum Gasteiger partial charge on any atom is -0.452 e. The predicted molar refractivity (Wildman–Crippen MR) is 115 cm³/mol. The number of nitrogens with one attached hydrogen (secondary N) is 1. The Morgan fingerprint density at radius 1 is 0.862 bits per heavy atom. The van der Waals surface area contributed by atoms with Gasteiger partial charge in [-0.25, -0.2) is 0 Å². The van der Waals surface area contributed by atoms with Crippen LogP contribution in [0.4, 0.5) is 5.69 Å². The fourth-order valence-corrected chi connectivity index (χ4v) is 3.29. The van der Waals surface area contributed by atoms with Crippen LogP contribution in [0.1, 0.15) is 37.6 Å². The van der Waals surface area contributed by atoms with Crippen LogP contribution in [0.3, 0.4) is 0 Å². The molecule has 0 fully saturated rings. The van der Waals surface area contributed by atoms with Gasteiger partial charge in [0.1, 0.15) is 5.58 Å². The largest absolute Gasteiger partial charge is 0.452 e. The minimum atomic E-state index is -0.250. The first-order valence-electron chi connectivity index (χ1n) is 9.14. The third-order valence-electron chi connectivity index (χ3n) is 4.82. The van der Waals surface area contributed by atoms with Gasteiger partial charge in [-0.05, 0) is 50.2 Å². The summed E-state index contributed by atoms with van der Waals surface area (Å²) in [6, 6.07) is 19.4. The number of rotatable bonds is 4. The Hall–Kier alpha value is -3.37. The summed E-state index contributed by atoms with van der Waals surface area (Å²) in [5, 5.41) is 4.25. The summed E-state index contributed by atoms with van der Waals surface area (Å²) >= 11 is 5.86. The molecule has 0 aliphatic rings. The quantitative estimate of drug-likeness (QED) is 0.413. The van der Waals surface area contributed by atoms with Gasteiger partial charge in [-0.15, -0.1) is 0 Å². The van der Waals surface area contributed by atoms with E-state index in [1.54, 1.807) is 48.5 Å². The van der Waals surface area contributed by atoms with Gasteiger partial charge in [-0.3, -0.25) is 9.59 Å². The molecule has 1 aromatic heterocycles. The van der Waals surface area contributed by atoms with Crippen molar-refractivity contribution in [3.63, 3.8) is 0 Å². The van der Waals surface area contributed by atoms with Crippen molar-refractivity contribution in [1.29, 1.82) is 0 Å². The van der Waals surface area contributed by atoms with Crippen LogP contribution >= 0.6 is 11.6 Å². The van der Waals surface area contributed by atoms with E-state index in [0.717, 1.165) is 16.5 Å². The van der Waals surface area contributed by atoms with E-state index in [0.29, 0.717) is 33.2 Å². The van der Waals surface area contributed by atoms with Crippen molar-refractivity contribution >= 4 is 39.9 Å². The Kier molecular flexibility index (Phi) is 4.95. The maximum Gasteiger partial charge on any atom is 0.255 e. The Morgan fingerprint density at radius 3 is 2.21 bits per heavy atom. The number of hydrogen-bond donors (Lipinski definition) is 1. The second kappa shape index (κ2) is 7.57. The van der Waals surface area contributed by atoms with Gasteiger partial charge in [-0.2, -0.15) is 0 Å². The molecule has 144 valence electrons. The molecule has 4 aromatic rings. The fraction of sp³-hybridized carbons (Fsp3) is 0.0833. The molecule has 5 heteroatoms. The number of amides is 1. The smallest absolute Gasteiger partial charge is 0.255 e. The van der Waals surface area contributed by atoms with E-state index in [1.807, 2.05) is 32.0 Å². The molecule has 0 spiro atoms. The lowest BCUT2D eigenvalue weighted by Crippen LogP contribution is -2.11. The fourth-order valence-electron chi connectivity index (χ4n) is 3.16. The highest BCUT2D eigenvalue weighted by Crippen LogP contribution is 2.29. The lowest BCUT2D eigenvalue weighted by Gasteiger charge is -2.05. The maximum absolute atomic E-state index is 12.8. The highest BCUT2D eigenvalue weighted by molar-refractivity contribution is 6.30. The molecule has 3 aromatic carbocycles. The zero-order valence-corrected chi connectivity index (χ0v) is 16.7. The van der Waals surface area contributed by atoms with Gasteiger partial charge in [0.15, 0.2) is 5.76 Å². The SMILES string of the molecule is Cc1ccc(C(=O)c2oc3cc(NC(=O)c4ccc(Cl)cc4)ccc3c2C)cc1. The van der Waals surface area contributed by atoms with E-state index in [1.165, 1.54) is 0 Å². The van der Waals surface area contributed by atoms with Gasteiger partial charge in [0.2, 0.25) is 5.78 Å². The summed E-state index contributed by atoms with van der Waals surface area (Å²) in [4.78, 5) is 25.3. The van der Waals surface area contributed by atoms with Gasteiger partial charge in [0.05, 0.1) is 0 Å². The van der Waals surface area contributed by atoms with Gasteiger partial charge in [0, 0.05) is 38.9 Å². The standard InChI is InChI=1S/C24H18ClNO3/c1-14-3-5-16(6-4-14)22(27)23-15(2)20-12-11-19(13-21(20)29-23)26-24(28)17-7-9-18(25)10-8-17/h3-13H,1-2H3,(H,26,28). The molecule has 0 saturated carbocycles. The Balaban J connectivity index is 1.63. The summed E-state index contributed by atoms with van der Waals surface area (Å²) in [5.74, 6) is -0.101. The van der Waals surface area contributed by atoms with E-state index < -0.39 is 0 Å². The van der Waals surface area contributed by atoms with E-state index in [-0.39, 0.29) is 11.7 Å². The molecule has 0 radical (unpaired) electrons. The van der Waals surface area contributed by atoms with Gasteiger partial charge < -0.3 is 9.73 Å². The molecular formula is C24H18ClNO3. The molecule has 29 heavy (non-hydrogen) atoms. The van der Waals surface area contributed by atoms with E-state index >= 15 is 0 Å². The van der Waals surface area contributed by atoms with Crippen LogP contribution in [0.25, 0.3) is 11.0 Å². The molecule has 1 N–H and O–H groups in total. The molecule has 1 heterocycles. The molecule has 0 atom stereocenters. The van der Waals surface area contributed by atoms with Crippen molar-refractivity contribution in [2.24, 2.45) is 0 Å². The number of benzene rings is 3. The van der Waals surface area contributed by atoms with Crippen LogP contribution in [0.5, 0.6) is 0 Å². The Labute approximate surface area is 173 Å². The van der Waals surface area contributed by atoms with Gasteiger partial charge in [-0.1, -0.05) is 41.4 Å². The van der Waals surface area contributed by atoms with E-state index in [4.69, 9.17) is 16.0 Å². The molecule has 0 aliphatic carbocycles. The number of hydrogen-bond acceptors (Lipinski definition) is 3. The van der Waals surface area contributed by atoms with Crippen molar-refractivity contribution in [3.05, 3.63) is 99.8 Å². The zero-order chi connectivity index (χ0) is 20.5. The number of anilines is 1. The van der Waals surface area contributed by atoms with Crippen LogP contribution in [-0.4, -0.2) is 11.7 Å². The van der Waals surface area contributed by atoms with Crippen LogP contribution < -0.4 is 5.32 Å². The number of carbonyl (C=O) groups is 2. The Morgan fingerprint density at radius 2 is 1.52 bits per heavy atom. The van der Waals surface area contributed by atoms with Crippen molar-refractivity contribution in [2.45, 2.75) is 13.8 Å². The average Bonchev–Trinajstić information content (AvgIpc) is 3.04. The molecule has 4 rings (SSSR count). The predicted octanol–water partition coefficient (Wildman–Crippen LogP) is 6.19. The third kappa shape index (κ3) is 3.80. The van der Waals surface area contributed by atoms with Crippen LogP contribution in [0, 0.1) is 13.8 Å². The summed E-state index contributed by atoms with van der Waals surface area (Å²) in [5.41, 5.74) is 4.08. The van der Waals surface area contributed by atoms with Gasteiger partial charge in [0.25, 0.3) is 5.91 Å². The Bertz CT molecular complexity index is 1220. The number of aryl methyl sites for hydroxylation is 2. The van der Waals surface area contributed by atoms with Crippen LogP contribution in [-0.2, 0) is 0 Å². The molecule has 1 amide bonds. The number of carbonyl (C=O) groups excluding carboxylic acids is 2. The number of halogens is 1. The highest BCUT2D eigenvalue weighted by atomic mass is 35.5. The monoisotopic (exact) mass is 403 g/mol. The molecule has 0 saturated heterocycles. The zero-order valence-electron chi connectivity index (χ0n) is 16.0.